The van der Waals surface area contributed by atoms with Crippen LogP contribution in [0.2, 0.25) is 0 Å². The van der Waals surface area contributed by atoms with Gasteiger partial charge in [0.1, 0.15) is 11.6 Å². The van der Waals surface area contributed by atoms with Gasteiger partial charge >= 0.3 is 0 Å². The fraction of sp³-hybridized carbons (Fsp3) is 0.227. The van der Waals surface area contributed by atoms with Crippen LogP contribution in [0.15, 0.2) is 54.9 Å². The molecule has 28 heavy (non-hydrogen) atoms. The molecule has 0 fully saturated rings. The highest BCUT2D eigenvalue weighted by molar-refractivity contribution is 5.69. The van der Waals surface area contributed by atoms with Crippen LogP contribution in [0.3, 0.4) is 0 Å². The molecule has 0 saturated carbocycles. The van der Waals surface area contributed by atoms with Crippen molar-refractivity contribution in [2.24, 2.45) is 0 Å². The molecule has 5 rings (SSSR count). The lowest BCUT2D eigenvalue weighted by atomic mass is 9.99. The van der Waals surface area contributed by atoms with Crippen LogP contribution in [0, 0.1) is 5.82 Å². The second kappa shape index (κ2) is 7.13. The summed E-state index contributed by atoms with van der Waals surface area (Å²) in [6.45, 7) is 3.23. The number of hydrogen-bond acceptors (Lipinski definition) is 5. The van der Waals surface area contributed by atoms with Gasteiger partial charge < -0.3 is 10.2 Å². The number of hydrogen-bond donors (Lipinski definition) is 1. The summed E-state index contributed by atoms with van der Waals surface area (Å²) < 4.78 is 13.2. The van der Waals surface area contributed by atoms with E-state index >= 15 is 0 Å². The lowest BCUT2D eigenvalue weighted by Gasteiger charge is -2.29. The van der Waals surface area contributed by atoms with E-state index in [1.54, 1.807) is 12.4 Å². The molecule has 140 valence electrons. The van der Waals surface area contributed by atoms with E-state index in [0.29, 0.717) is 0 Å². The Bertz CT molecular complexity index is 1030. The molecule has 2 aliphatic rings. The maximum atomic E-state index is 13.2. The van der Waals surface area contributed by atoms with Gasteiger partial charge in [-0.05, 0) is 41.8 Å². The monoisotopic (exact) mass is 373 g/mol. The minimum absolute atomic E-state index is 0.200. The highest BCUT2D eigenvalue weighted by Gasteiger charge is 2.24. The Labute approximate surface area is 163 Å². The SMILES string of the molecule is Fc1ccc(C2=CCN(c3nc(-c4ccncc4)nc4c3CNC4)CC2)cc1. The van der Waals surface area contributed by atoms with Crippen molar-refractivity contribution < 1.29 is 4.39 Å². The fourth-order valence-corrected chi connectivity index (χ4v) is 3.83. The minimum Gasteiger partial charge on any atom is -0.352 e. The Morgan fingerprint density at radius 2 is 1.75 bits per heavy atom. The molecule has 0 saturated heterocycles. The standard InChI is InChI=1S/C22H20FN5/c23-18-3-1-15(2-4-18)16-7-11-28(12-8-16)22-19-13-25-14-20(19)26-21(27-22)17-5-9-24-10-6-17/h1-7,9-10,25H,8,11-14H2. The molecule has 1 N–H and O–H groups in total. The van der Waals surface area contributed by atoms with Crippen molar-refractivity contribution in [1.29, 1.82) is 0 Å². The fourth-order valence-electron chi connectivity index (χ4n) is 3.83. The summed E-state index contributed by atoms with van der Waals surface area (Å²) in [5, 5.41) is 3.39. The maximum Gasteiger partial charge on any atom is 0.161 e. The molecule has 0 radical (unpaired) electrons. The van der Waals surface area contributed by atoms with Crippen LogP contribution >= 0.6 is 0 Å². The Morgan fingerprint density at radius 1 is 0.929 bits per heavy atom. The van der Waals surface area contributed by atoms with Gasteiger partial charge in [0.2, 0.25) is 0 Å². The third kappa shape index (κ3) is 3.16. The van der Waals surface area contributed by atoms with Crippen molar-refractivity contribution in [1.82, 2.24) is 20.3 Å². The number of anilines is 1. The van der Waals surface area contributed by atoms with Crippen LogP contribution in [0.4, 0.5) is 10.2 Å². The average molecular weight is 373 g/mol. The predicted octanol–water partition coefficient (Wildman–Crippen LogP) is 3.57. The van der Waals surface area contributed by atoms with E-state index in [1.807, 2.05) is 24.3 Å². The average Bonchev–Trinajstić information content (AvgIpc) is 3.23. The molecule has 0 amide bonds. The third-order valence-corrected chi connectivity index (χ3v) is 5.33. The van der Waals surface area contributed by atoms with Gasteiger partial charge in [-0.25, -0.2) is 14.4 Å². The Kier molecular flexibility index (Phi) is 4.33. The summed E-state index contributed by atoms with van der Waals surface area (Å²) >= 11 is 0. The van der Waals surface area contributed by atoms with E-state index in [-0.39, 0.29) is 5.82 Å². The number of rotatable bonds is 3. The van der Waals surface area contributed by atoms with Crippen molar-refractivity contribution in [3.05, 3.63) is 77.5 Å². The quantitative estimate of drug-likeness (QED) is 0.761. The Hall–Kier alpha value is -3.12. The van der Waals surface area contributed by atoms with Gasteiger partial charge in [0.15, 0.2) is 5.82 Å². The third-order valence-electron chi connectivity index (χ3n) is 5.33. The second-order valence-corrected chi connectivity index (χ2v) is 7.07. The largest absolute Gasteiger partial charge is 0.352 e. The number of aromatic nitrogens is 3. The number of halogens is 1. The van der Waals surface area contributed by atoms with E-state index < -0.39 is 0 Å². The molecule has 0 aliphatic carbocycles. The maximum absolute atomic E-state index is 13.2. The van der Waals surface area contributed by atoms with Gasteiger partial charge in [-0.3, -0.25) is 4.98 Å². The number of nitrogens with zero attached hydrogens (tertiary/aromatic N) is 4. The molecule has 2 aliphatic heterocycles. The van der Waals surface area contributed by atoms with Gasteiger partial charge in [0.05, 0.1) is 5.69 Å². The van der Waals surface area contributed by atoms with Crippen LogP contribution in [0.25, 0.3) is 17.0 Å². The van der Waals surface area contributed by atoms with Crippen molar-refractivity contribution in [2.45, 2.75) is 19.5 Å². The lowest BCUT2D eigenvalue weighted by Crippen LogP contribution is -2.30. The van der Waals surface area contributed by atoms with E-state index in [2.05, 4.69) is 21.3 Å². The highest BCUT2D eigenvalue weighted by atomic mass is 19.1. The molecule has 0 unspecified atom stereocenters. The molecule has 0 spiro atoms. The number of nitrogens with one attached hydrogen (secondary N) is 1. The van der Waals surface area contributed by atoms with Crippen LogP contribution in [0.5, 0.6) is 0 Å². The van der Waals surface area contributed by atoms with Crippen molar-refractivity contribution in [3.8, 4) is 11.4 Å². The molecule has 0 atom stereocenters. The van der Waals surface area contributed by atoms with Crippen LogP contribution in [0.1, 0.15) is 23.2 Å². The Morgan fingerprint density at radius 3 is 2.50 bits per heavy atom. The van der Waals surface area contributed by atoms with E-state index in [0.717, 1.165) is 61.1 Å². The predicted molar refractivity (Wildman–Crippen MR) is 107 cm³/mol. The van der Waals surface area contributed by atoms with Crippen LogP contribution in [-0.2, 0) is 13.1 Å². The normalized spacial score (nSPS) is 16.0. The smallest absolute Gasteiger partial charge is 0.161 e. The van der Waals surface area contributed by atoms with Crippen molar-refractivity contribution >= 4 is 11.4 Å². The molecule has 4 heterocycles. The zero-order chi connectivity index (χ0) is 18.9. The van der Waals surface area contributed by atoms with Gasteiger partial charge in [-0.1, -0.05) is 18.2 Å². The zero-order valence-electron chi connectivity index (χ0n) is 15.4. The first kappa shape index (κ1) is 17.0. The summed E-state index contributed by atoms with van der Waals surface area (Å²) in [5.41, 5.74) is 5.59. The first-order chi connectivity index (χ1) is 13.8. The van der Waals surface area contributed by atoms with E-state index in [9.17, 15) is 4.39 Å². The molecule has 0 bridgehead atoms. The first-order valence-electron chi connectivity index (χ1n) is 9.49. The summed E-state index contributed by atoms with van der Waals surface area (Å²) in [6.07, 6.45) is 6.66. The van der Waals surface area contributed by atoms with E-state index in [1.165, 1.54) is 23.3 Å². The first-order valence-corrected chi connectivity index (χ1v) is 9.49. The summed E-state index contributed by atoms with van der Waals surface area (Å²) in [5.74, 6) is 1.55. The summed E-state index contributed by atoms with van der Waals surface area (Å²) in [4.78, 5) is 16.1. The summed E-state index contributed by atoms with van der Waals surface area (Å²) in [6, 6.07) is 10.6. The summed E-state index contributed by atoms with van der Waals surface area (Å²) in [7, 11) is 0. The minimum atomic E-state index is -0.200. The number of fused-ring (bicyclic) bond motifs is 1. The van der Waals surface area contributed by atoms with Gasteiger partial charge in [0.25, 0.3) is 0 Å². The highest BCUT2D eigenvalue weighted by Crippen LogP contribution is 2.31. The number of pyridine rings is 1. The van der Waals surface area contributed by atoms with Crippen LogP contribution < -0.4 is 10.2 Å². The lowest BCUT2D eigenvalue weighted by molar-refractivity contribution is 0.627. The molecule has 2 aromatic heterocycles. The Balaban J connectivity index is 1.47. The molecule has 5 nitrogen and oxygen atoms in total. The van der Waals surface area contributed by atoms with Crippen LogP contribution in [-0.4, -0.2) is 28.0 Å². The molecular weight excluding hydrogens is 353 g/mol. The molecule has 1 aromatic carbocycles. The van der Waals surface area contributed by atoms with E-state index in [4.69, 9.17) is 9.97 Å². The molecule has 6 heteroatoms. The van der Waals surface area contributed by atoms with Gasteiger partial charge in [-0.2, -0.15) is 0 Å². The topological polar surface area (TPSA) is 53.9 Å². The molecule has 3 aromatic rings. The second-order valence-electron chi connectivity index (χ2n) is 7.07. The van der Waals surface area contributed by atoms with Gasteiger partial charge in [-0.15, -0.1) is 0 Å². The van der Waals surface area contributed by atoms with Crippen molar-refractivity contribution in [3.63, 3.8) is 0 Å². The van der Waals surface area contributed by atoms with Crippen molar-refractivity contribution in [2.75, 3.05) is 18.0 Å². The number of benzene rings is 1. The van der Waals surface area contributed by atoms with Gasteiger partial charge in [0, 0.05) is 49.7 Å². The molecular formula is C22H20FN5. The zero-order valence-corrected chi connectivity index (χ0v) is 15.4.